The van der Waals surface area contributed by atoms with E-state index in [9.17, 15) is 5.26 Å². The first kappa shape index (κ1) is 21.9. The average Bonchev–Trinajstić information content (AvgIpc) is 3.62. The van der Waals surface area contributed by atoms with Crippen LogP contribution in [0, 0.1) is 11.3 Å². The van der Waals surface area contributed by atoms with E-state index in [1.807, 2.05) is 24.3 Å². The Hall–Kier alpha value is -5.79. The van der Waals surface area contributed by atoms with Crippen LogP contribution in [0.5, 0.6) is 0 Å². The molecule has 7 aromatic carbocycles. The summed E-state index contributed by atoms with van der Waals surface area (Å²) in [5, 5.41) is 19.6. The van der Waals surface area contributed by atoms with E-state index in [-0.39, 0.29) is 6.71 Å². The summed E-state index contributed by atoms with van der Waals surface area (Å²) in [7, 11) is 0. The number of para-hydroxylation sites is 2. The molecule has 0 saturated heterocycles. The molecule has 9 aromatic rings. The van der Waals surface area contributed by atoms with Crippen LogP contribution in [0.4, 0.5) is 0 Å². The van der Waals surface area contributed by atoms with Crippen LogP contribution in [0.2, 0.25) is 0 Å². The quantitative estimate of drug-likeness (QED) is 0.182. The third-order valence-corrected chi connectivity index (χ3v) is 9.86. The van der Waals surface area contributed by atoms with Crippen molar-refractivity contribution >= 4 is 88.5 Å². The molecule has 0 fully saturated rings. The highest BCUT2D eigenvalue weighted by Crippen LogP contribution is 2.44. The molecular formula is C39H18BNO2. The molecule has 2 aliphatic heterocycles. The first-order chi connectivity index (χ1) is 21.3. The van der Waals surface area contributed by atoms with E-state index in [2.05, 4.69) is 91.0 Å². The van der Waals surface area contributed by atoms with Crippen molar-refractivity contribution in [1.82, 2.24) is 0 Å². The number of benzene rings is 7. The number of nitrogens with zero attached hydrogens (tertiary/aromatic N) is 1. The van der Waals surface area contributed by atoms with Crippen LogP contribution in [0.15, 0.2) is 118 Å². The second kappa shape index (κ2) is 7.34. The van der Waals surface area contributed by atoms with Crippen LogP contribution in [0.3, 0.4) is 0 Å². The largest absolute Gasteiger partial charge is 0.456 e. The SMILES string of the molecule is N#Cc1cc2c3c(c1)-c1cccc4c1c(cc1oc5ccccc5c14)B3c1cc3oc4ccccc4c3c3cccc-2c13. The lowest BCUT2D eigenvalue weighted by atomic mass is 9.31. The van der Waals surface area contributed by atoms with Crippen molar-refractivity contribution in [3.05, 3.63) is 115 Å². The van der Waals surface area contributed by atoms with Crippen LogP contribution in [-0.2, 0) is 0 Å². The molecule has 194 valence electrons. The number of nitriles is 1. The van der Waals surface area contributed by atoms with Gasteiger partial charge in [0.05, 0.1) is 11.6 Å². The van der Waals surface area contributed by atoms with Gasteiger partial charge in [0.25, 0.3) is 0 Å². The molecule has 0 N–H and O–H groups in total. The summed E-state index contributed by atoms with van der Waals surface area (Å²) in [5.74, 6) is 0. The van der Waals surface area contributed by atoms with Gasteiger partial charge in [0, 0.05) is 21.5 Å². The molecule has 0 atom stereocenters. The van der Waals surface area contributed by atoms with Crippen molar-refractivity contribution in [1.29, 1.82) is 5.26 Å². The second-order valence-corrected chi connectivity index (χ2v) is 11.9. The van der Waals surface area contributed by atoms with E-state index in [1.54, 1.807) is 0 Å². The third kappa shape index (κ3) is 2.50. The highest BCUT2D eigenvalue weighted by molar-refractivity contribution is 7.01. The van der Waals surface area contributed by atoms with Crippen LogP contribution < -0.4 is 16.4 Å². The summed E-state index contributed by atoms with van der Waals surface area (Å²) in [6.45, 7) is -0.0391. The van der Waals surface area contributed by atoms with E-state index < -0.39 is 0 Å². The number of fused-ring (bicyclic) bond motifs is 12. The highest BCUT2D eigenvalue weighted by atomic mass is 16.3. The Balaban J connectivity index is 1.40. The van der Waals surface area contributed by atoms with Gasteiger partial charge in [-0.1, -0.05) is 89.2 Å². The zero-order valence-corrected chi connectivity index (χ0v) is 22.7. The van der Waals surface area contributed by atoms with Crippen LogP contribution in [0.1, 0.15) is 5.56 Å². The van der Waals surface area contributed by atoms with Crippen molar-refractivity contribution in [2.24, 2.45) is 0 Å². The normalized spacial score (nSPS) is 13.0. The zero-order chi connectivity index (χ0) is 28.0. The Morgan fingerprint density at radius 3 is 1.47 bits per heavy atom. The Morgan fingerprint density at radius 2 is 0.953 bits per heavy atom. The summed E-state index contributed by atoms with van der Waals surface area (Å²) in [6, 6.07) is 41.0. The predicted molar refractivity (Wildman–Crippen MR) is 176 cm³/mol. The van der Waals surface area contributed by atoms with Gasteiger partial charge in [-0.25, -0.2) is 0 Å². The first-order valence-electron chi connectivity index (χ1n) is 14.6. The smallest absolute Gasteiger partial charge is 0.244 e. The molecular weight excluding hydrogens is 525 g/mol. The molecule has 0 amide bonds. The molecule has 4 heteroatoms. The third-order valence-electron chi connectivity index (χ3n) is 9.86. The van der Waals surface area contributed by atoms with Gasteiger partial charge in [-0.3, -0.25) is 0 Å². The van der Waals surface area contributed by atoms with Crippen molar-refractivity contribution in [2.75, 3.05) is 0 Å². The minimum absolute atomic E-state index is 0.0391. The lowest BCUT2D eigenvalue weighted by Gasteiger charge is -2.34. The van der Waals surface area contributed by atoms with Crippen LogP contribution >= 0.6 is 0 Å². The molecule has 43 heavy (non-hydrogen) atoms. The first-order valence-corrected chi connectivity index (χ1v) is 14.6. The number of furan rings is 2. The van der Waals surface area contributed by atoms with Gasteiger partial charge in [-0.15, -0.1) is 0 Å². The summed E-state index contributed by atoms with van der Waals surface area (Å²) >= 11 is 0. The fraction of sp³-hybridized carbons (Fsp3) is 0. The topological polar surface area (TPSA) is 50.1 Å². The van der Waals surface area contributed by atoms with Gasteiger partial charge in [-0.2, -0.15) is 5.26 Å². The average molecular weight is 543 g/mol. The molecule has 0 spiro atoms. The monoisotopic (exact) mass is 543 g/mol. The number of hydrogen-bond donors (Lipinski definition) is 0. The summed E-state index contributed by atoms with van der Waals surface area (Å²) < 4.78 is 13.0. The zero-order valence-electron chi connectivity index (χ0n) is 22.7. The highest BCUT2D eigenvalue weighted by Gasteiger charge is 2.40. The van der Waals surface area contributed by atoms with Crippen molar-refractivity contribution in [3.8, 4) is 28.3 Å². The molecule has 0 radical (unpaired) electrons. The summed E-state index contributed by atoms with van der Waals surface area (Å²) in [4.78, 5) is 0. The Morgan fingerprint density at radius 1 is 0.465 bits per heavy atom. The van der Waals surface area contributed by atoms with E-state index in [0.717, 1.165) is 55.0 Å². The number of rotatable bonds is 0. The molecule has 0 aliphatic carbocycles. The van der Waals surface area contributed by atoms with E-state index in [4.69, 9.17) is 8.83 Å². The van der Waals surface area contributed by atoms with Gasteiger partial charge in [0.2, 0.25) is 6.71 Å². The van der Waals surface area contributed by atoms with Gasteiger partial charge < -0.3 is 8.83 Å². The molecule has 0 bridgehead atoms. The van der Waals surface area contributed by atoms with E-state index in [1.165, 1.54) is 49.1 Å². The lowest BCUT2D eigenvalue weighted by Crippen LogP contribution is -2.57. The Kier molecular flexibility index (Phi) is 3.74. The van der Waals surface area contributed by atoms with Gasteiger partial charge in [0.15, 0.2) is 0 Å². The van der Waals surface area contributed by atoms with E-state index >= 15 is 0 Å². The van der Waals surface area contributed by atoms with Crippen LogP contribution in [-0.4, -0.2) is 6.71 Å². The maximum absolute atomic E-state index is 10.2. The maximum atomic E-state index is 10.2. The molecule has 2 aromatic heterocycles. The van der Waals surface area contributed by atoms with Crippen molar-refractivity contribution in [3.63, 3.8) is 0 Å². The van der Waals surface area contributed by atoms with Gasteiger partial charge in [-0.05, 0) is 80.2 Å². The van der Waals surface area contributed by atoms with Crippen LogP contribution in [0.25, 0.3) is 87.7 Å². The Bertz CT molecular complexity index is 2630. The fourth-order valence-corrected chi connectivity index (χ4v) is 8.32. The molecule has 0 unspecified atom stereocenters. The minimum atomic E-state index is -0.0391. The summed E-state index contributed by atoms with van der Waals surface area (Å²) in [5.41, 5.74) is 12.6. The molecule has 4 heterocycles. The predicted octanol–water partition coefficient (Wildman–Crippen LogP) is 8.14. The number of hydrogen-bond acceptors (Lipinski definition) is 3. The molecule has 11 rings (SSSR count). The molecule has 2 aliphatic rings. The standard InChI is InChI=1S/C39H18BNO2/c41-19-20-15-27-21-9-5-11-25-35(21)29(17-33-37(25)23-7-1-3-13-31(23)42-33)40-30-18-34-38(24-8-2-4-14-32(24)43-34)26-12-6-10-22(36(26)30)28(16-20)39(27)40/h1-18H. The minimum Gasteiger partial charge on any atom is -0.456 e. The summed E-state index contributed by atoms with van der Waals surface area (Å²) in [6.07, 6.45) is 0. The molecule has 0 saturated carbocycles. The van der Waals surface area contributed by atoms with Gasteiger partial charge in [0.1, 0.15) is 22.3 Å². The van der Waals surface area contributed by atoms with Crippen molar-refractivity contribution in [2.45, 2.75) is 0 Å². The maximum Gasteiger partial charge on any atom is 0.244 e. The van der Waals surface area contributed by atoms with Crippen molar-refractivity contribution < 1.29 is 8.83 Å². The van der Waals surface area contributed by atoms with E-state index in [0.29, 0.717) is 5.56 Å². The Labute approximate surface area is 245 Å². The van der Waals surface area contributed by atoms with Gasteiger partial charge >= 0.3 is 0 Å². The lowest BCUT2D eigenvalue weighted by molar-refractivity contribution is 0.669. The fourth-order valence-electron chi connectivity index (χ4n) is 8.32. The molecule has 3 nitrogen and oxygen atoms in total. The second-order valence-electron chi connectivity index (χ2n) is 11.9.